The summed E-state index contributed by atoms with van der Waals surface area (Å²) in [6.45, 7) is 0. The molecule has 0 amide bonds. The molecule has 0 aliphatic carbocycles. The number of nitrogens with zero attached hydrogens (tertiary/aromatic N) is 1. The Hall–Kier alpha value is -2.00. The van der Waals surface area contributed by atoms with E-state index in [0.29, 0.717) is 0 Å². The average molecular weight is 272 g/mol. The lowest BCUT2D eigenvalue weighted by Crippen LogP contribution is -2.50. The van der Waals surface area contributed by atoms with Gasteiger partial charge in [-0.25, -0.2) is 18.2 Å². The molecule has 1 aliphatic rings. The zero-order valence-corrected chi connectivity index (χ0v) is 9.89. The number of carboxylic acid groups (broad SMARTS) is 1. The number of hydrogen-bond donors (Lipinski definition) is 2. The van der Waals surface area contributed by atoms with Crippen LogP contribution in [-0.2, 0) is 14.8 Å². The molecule has 0 saturated carbocycles. The van der Waals surface area contributed by atoms with E-state index in [4.69, 9.17) is 9.84 Å². The van der Waals surface area contributed by atoms with Gasteiger partial charge in [0.2, 0.25) is 0 Å². The van der Waals surface area contributed by atoms with Gasteiger partial charge in [-0.3, -0.25) is 4.79 Å². The van der Waals surface area contributed by atoms with Crippen molar-refractivity contribution in [3.05, 3.63) is 17.8 Å². The highest BCUT2D eigenvalue weighted by Crippen LogP contribution is 2.24. The Morgan fingerprint density at radius 1 is 1.56 bits per heavy atom. The topological polar surface area (TPSA) is 123 Å². The number of ketones is 1. The summed E-state index contributed by atoms with van der Waals surface area (Å²) in [7, 11) is -2.79. The minimum Gasteiger partial charge on any atom is -0.495 e. The fourth-order valence-electron chi connectivity index (χ4n) is 1.52. The number of aromatic nitrogens is 1. The van der Waals surface area contributed by atoms with Crippen LogP contribution in [0.4, 0.5) is 0 Å². The van der Waals surface area contributed by atoms with Gasteiger partial charge in [0.15, 0.2) is 16.9 Å². The predicted molar refractivity (Wildman–Crippen MR) is 56.9 cm³/mol. The number of nitrogens with one attached hydrogen (secondary N) is 1. The third kappa shape index (κ3) is 1.83. The number of aliphatic carboxylic acids is 1. The summed E-state index contributed by atoms with van der Waals surface area (Å²) in [5.74, 6) is -2.28. The van der Waals surface area contributed by atoms with Gasteiger partial charge in [0.25, 0.3) is 10.0 Å². The van der Waals surface area contributed by atoms with Crippen molar-refractivity contribution in [3.8, 4) is 5.75 Å². The van der Waals surface area contributed by atoms with Gasteiger partial charge >= 0.3 is 5.97 Å². The van der Waals surface area contributed by atoms with Crippen LogP contribution in [0.2, 0.25) is 0 Å². The Morgan fingerprint density at radius 3 is 2.78 bits per heavy atom. The molecule has 0 aromatic carbocycles. The van der Waals surface area contributed by atoms with Gasteiger partial charge in [0.05, 0.1) is 18.9 Å². The lowest BCUT2D eigenvalue weighted by molar-refractivity contribution is -0.137. The molecule has 0 fully saturated rings. The van der Waals surface area contributed by atoms with Crippen LogP contribution in [0.1, 0.15) is 10.4 Å². The zero-order chi connectivity index (χ0) is 13.5. The van der Waals surface area contributed by atoms with E-state index in [1.807, 2.05) is 0 Å². The molecule has 0 spiro atoms. The molecular formula is C9H8N2O6S. The number of rotatable bonds is 2. The quantitative estimate of drug-likeness (QED) is 0.663. The Kier molecular flexibility index (Phi) is 2.79. The average Bonchev–Trinajstić information content (AvgIpc) is 2.33. The first-order chi connectivity index (χ1) is 8.36. The van der Waals surface area contributed by atoms with Crippen molar-refractivity contribution < 1.29 is 27.9 Å². The maximum atomic E-state index is 11.8. The van der Waals surface area contributed by atoms with Gasteiger partial charge < -0.3 is 9.84 Å². The molecule has 9 heteroatoms. The summed E-state index contributed by atoms with van der Waals surface area (Å²) < 4.78 is 30.0. The second kappa shape index (κ2) is 4.03. The van der Waals surface area contributed by atoms with E-state index < -0.39 is 32.8 Å². The van der Waals surface area contributed by atoms with Crippen LogP contribution in [0.25, 0.3) is 0 Å². The van der Waals surface area contributed by atoms with E-state index >= 15 is 0 Å². The third-order valence-electron chi connectivity index (χ3n) is 2.36. The standard InChI is InChI=1S/C9H8N2O6S/c1-17-4-2-5-7(12)6(9(13)14)11-18(15,16)8(5)10-3-4/h2-3,6,11H,1H3,(H,13,14). The van der Waals surface area contributed by atoms with Crippen LogP contribution in [0.15, 0.2) is 17.3 Å². The van der Waals surface area contributed by atoms with Crippen molar-refractivity contribution in [1.82, 2.24) is 9.71 Å². The first-order valence-electron chi connectivity index (χ1n) is 4.70. The number of pyridine rings is 1. The number of methoxy groups -OCH3 is 1. The number of ether oxygens (including phenoxy) is 1. The maximum Gasteiger partial charge on any atom is 0.329 e. The largest absolute Gasteiger partial charge is 0.495 e. The Balaban J connectivity index is 2.67. The molecule has 0 radical (unpaired) electrons. The number of carbonyl (C=O) groups is 2. The summed E-state index contributed by atoms with van der Waals surface area (Å²) >= 11 is 0. The number of carboxylic acids is 1. The third-order valence-corrected chi connectivity index (χ3v) is 3.74. The number of sulfonamides is 1. The van der Waals surface area contributed by atoms with E-state index in [1.54, 1.807) is 4.72 Å². The van der Waals surface area contributed by atoms with Crippen molar-refractivity contribution in [1.29, 1.82) is 0 Å². The summed E-state index contributed by atoms with van der Waals surface area (Å²) in [6, 6.07) is -0.685. The van der Waals surface area contributed by atoms with Gasteiger partial charge in [0.1, 0.15) is 5.75 Å². The molecule has 1 aliphatic heterocycles. The summed E-state index contributed by atoms with van der Waals surface area (Å²) in [5.41, 5.74) is -0.291. The monoisotopic (exact) mass is 272 g/mol. The van der Waals surface area contributed by atoms with Crippen molar-refractivity contribution in [2.24, 2.45) is 0 Å². The van der Waals surface area contributed by atoms with E-state index in [1.165, 1.54) is 7.11 Å². The molecule has 0 saturated heterocycles. The molecule has 18 heavy (non-hydrogen) atoms. The Morgan fingerprint density at radius 2 is 2.22 bits per heavy atom. The Bertz CT molecular complexity index is 638. The van der Waals surface area contributed by atoms with Crippen LogP contribution in [-0.4, -0.2) is 43.4 Å². The molecule has 0 bridgehead atoms. The summed E-state index contributed by atoms with van der Waals surface area (Å²) in [5, 5.41) is 8.30. The lowest BCUT2D eigenvalue weighted by Gasteiger charge is -2.21. The SMILES string of the molecule is COc1cnc2c(c1)C(=O)C(C(=O)O)NS2(=O)=O. The summed E-state index contributed by atoms with van der Waals surface area (Å²) in [6.07, 6.45) is 1.13. The molecule has 1 aromatic heterocycles. The van der Waals surface area contributed by atoms with Crippen LogP contribution in [0, 0.1) is 0 Å². The lowest BCUT2D eigenvalue weighted by atomic mass is 10.1. The smallest absolute Gasteiger partial charge is 0.329 e. The highest BCUT2D eigenvalue weighted by Gasteiger charge is 2.41. The van der Waals surface area contributed by atoms with E-state index in [9.17, 15) is 18.0 Å². The second-order valence-corrected chi connectivity index (χ2v) is 5.11. The van der Waals surface area contributed by atoms with E-state index in [-0.39, 0.29) is 11.3 Å². The van der Waals surface area contributed by atoms with Gasteiger partial charge in [-0.2, -0.15) is 4.72 Å². The molecule has 1 aromatic rings. The highest BCUT2D eigenvalue weighted by molar-refractivity contribution is 7.89. The maximum absolute atomic E-state index is 11.8. The van der Waals surface area contributed by atoms with Crippen LogP contribution < -0.4 is 9.46 Å². The molecular weight excluding hydrogens is 264 g/mol. The molecule has 1 atom stereocenters. The molecule has 2 heterocycles. The Labute approximate surface area is 102 Å². The molecule has 96 valence electrons. The fraction of sp³-hybridized carbons (Fsp3) is 0.222. The normalized spacial score (nSPS) is 21.2. The number of carbonyl (C=O) groups excluding carboxylic acids is 1. The van der Waals surface area contributed by atoms with Crippen molar-refractivity contribution in [3.63, 3.8) is 0 Å². The first-order valence-corrected chi connectivity index (χ1v) is 6.18. The van der Waals surface area contributed by atoms with Gasteiger partial charge in [-0.05, 0) is 6.07 Å². The number of fused-ring (bicyclic) bond motifs is 1. The summed E-state index contributed by atoms with van der Waals surface area (Å²) in [4.78, 5) is 26.2. The van der Waals surface area contributed by atoms with Crippen LogP contribution >= 0.6 is 0 Å². The van der Waals surface area contributed by atoms with E-state index in [0.717, 1.165) is 12.3 Å². The molecule has 2 rings (SSSR count). The van der Waals surface area contributed by atoms with Crippen molar-refractivity contribution in [2.75, 3.05) is 7.11 Å². The van der Waals surface area contributed by atoms with Gasteiger partial charge in [0, 0.05) is 0 Å². The van der Waals surface area contributed by atoms with E-state index in [2.05, 4.69) is 4.98 Å². The van der Waals surface area contributed by atoms with Crippen LogP contribution in [0.5, 0.6) is 5.75 Å². The van der Waals surface area contributed by atoms with Crippen LogP contribution in [0.3, 0.4) is 0 Å². The zero-order valence-electron chi connectivity index (χ0n) is 9.08. The van der Waals surface area contributed by atoms with Gasteiger partial charge in [-0.15, -0.1) is 0 Å². The van der Waals surface area contributed by atoms with Crippen molar-refractivity contribution >= 4 is 21.8 Å². The minimum atomic E-state index is -4.11. The molecule has 1 unspecified atom stereocenters. The molecule has 8 nitrogen and oxygen atoms in total. The highest BCUT2D eigenvalue weighted by atomic mass is 32.2. The fourth-order valence-corrected chi connectivity index (χ4v) is 2.79. The number of hydrogen-bond acceptors (Lipinski definition) is 6. The minimum absolute atomic E-state index is 0.170. The first kappa shape index (κ1) is 12.5. The number of Topliss-reactive ketones (excluding diaryl/α,β-unsaturated/α-hetero) is 1. The van der Waals surface area contributed by atoms with Crippen molar-refractivity contribution in [2.45, 2.75) is 11.1 Å². The van der Waals surface area contributed by atoms with Gasteiger partial charge in [-0.1, -0.05) is 0 Å². The predicted octanol–water partition coefficient (Wildman–Crippen LogP) is -0.982. The second-order valence-electron chi connectivity index (χ2n) is 3.48. The molecule has 2 N–H and O–H groups in total.